The van der Waals surface area contributed by atoms with Gasteiger partial charge in [-0.1, -0.05) is 63.9 Å². The van der Waals surface area contributed by atoms with E-state index in [0.29, 0.717) is 35.8 Å². The van der Waals surface area contributed by atoms with Crippen molar-refractivity contribution in [2.75, 3.05) is 20.8 Å². The number of carbonyl (C=O) groups is 2. The van der Waals surface area contributed by atoms with E-state index >= 15 is 0 Å². The van der Waals surface area contributed by atoms with E-state index in [1.54, 1.807) is 6.07 Å². The number of rotatable bonds is 15. The van der Waals surface area contributed by atoms with Crippen molar-refractivity contribution in [2.24, 2.45) is 5.16 Å². The smallest absolute Gasteiger partial charge is 0.190 e. The zero-order chi connectivity index (χ0) is 23.3. The van der Waals surface area contributed by atoms with Crippen LogP contribution in [0, 0.1) is 0 Å². The lowest BCUT2D eigenvalue weighted by molar-refractivity contribution is 0.0989. The first-order valence-electron chi connectivity index (χ1n) is 11.8. The second-order valence-corrected chi connectivity index (χ2v) is 8.07. The van der Waals surface area contributed by atoms with Crippen molar-refractivity contribution in [3.63, 3.8) is 0 Å². The van der Waals surface area contributed by atoms with Gasteiger partial charge in [0.15, 0.2) is 11.6 Å². The van der Waals surface area contributed by atoms with Gasteiger partial charge in [-0.3, -0.25) is 9.59 Å². The molecule has 2 rings (SSSR count). The monoisotopic (exact) mass is 443 g/mol. The number of ether oxygens (including phenoxy) is 2. The van der Waals surface area contributed by atoms with Crippen molar-refractivity contribution < 1.29 is 23.9 Å². The molecule has 1 aliphatic carbocycles. The van der Waals surface area contributed by atoms with E-state index in [9.17, 15) is 9.59 Å². The molecule has 0 heterocycles. The number of hydrogen-bond acceptors (Lipinski definition) is 6. The van der Waals surface area contributed by atoms with Crippen molar-refractivity contribution in [2.45, 2.75) is 78.1 Å². The van der Waals surface area contributed by atoms with Crippen molar-refractivity contribution in [3.8, 4) is 11.5 Å². The first kappa shape index (κ1) is 25.6. The molecule has 1 aromatic rings. The molecule has 0 radical (unpaired) electrons. The van der Waals surface area contributed by atoms with Crippen LogP contribution in [0.25, 0.3) is 0 Å². The highest BCUT2D eigenvalue weighted by Crippen LogP contribution is 2.38. The molecule has 0 unspecified atom stereocenters. The number of nitrogens with zero attached hydrogens (tertiary/aromatic N) is 1. The fourth-order valence-corrected chi connectivity index (χ4v) is 3.90. The highest BCUT2D eigenvalue weighted by Gasteiger charge is 2.31. The zero-order valence-corrected chi connectivity index (χ0v) is 20.0. The van der Waals surface area contributed by atoms with E-state index in [1.807, 2.05) is 6.92 Å². The fourth-order valence-electron chi connectivity index (χ4n) is 3.90. The van der Waals surface area contributed by atoms with E-state index in [0.717, 1.165) is 19.3 Å². The second-order valence-electron chi connectivity index (χ2n) is 8.07. The van der Waals surface area contributed by atoms with Gasteiger partial charge in [0.05, 0.1) is 31.1 Å². The molecule has 0 aromatic heterocycles. The molecule has 0 fully saturated rings. The summed E-state index contributed by atoms with van der Waals surface area (Å²) in [6.45, 7) is 4.75. The molecular formula is C26H37NO5. The zero-order valence-electron chi connectivity index (χ0n) is 20.0. The Hall–Kier alpha value is -2.63. The largest absolute Gasteiger partial charge is 0.496 e. The fraction of sp³-hybridized carbons (Fsp3) is 0.577. The Labute approximate surface area is 192 Å². The Bertz CT molecular complexity index is 841. The number of hydrogen-bond donors (Lipinski definition) is 0. The summed E-state index contributed by atoms with van der Waals surface area (Å²) in [5, 5.41) is 4.39. The van der Waals surface area contributed by atoms with Gasteiger partial charge < -0.3 is 14.3 Å². The molecular weight excluding hydrogens is 406 g/mol. The number of carbonyl (C=O) groups excluding carboxylic acids is 2. The number of allylic oxidation sites excluding steroid dienone is 2. The van der Waals surface area contributed by atoms with Gasteiger partial charge in [-0.05, 0) is 37.5 Å². The average Bonchev–Trinajstić information content (AvgIpc) is 2.80. The summed E-state index contributed by atoms with van der Waals surface area (Å²) >= 11 is 0. The Morgan fingerprint density at radius 1 is 0.812 bits per heavy atom. The first-order chi connectivity index (χ1) is 15.6. The molecule has 176 valence electrons. The van der Waals surface area contributed by atoms with Crippen molar-refractivity contribution in [1.29, 1.82) is 0 Å². The van der Waals surface area contributed by atoms with Crippen LogP contribution in [0.5, 0.6) is 11.5 Å². The molecule has 0 atom stereocenters. The van der Waals surface area contributed by atoms with Crippen LogP contribution in [0.2, 0.25) is 0 Å². The van der Waals surface area contributed by atoms with Crippen LogP contribution in [-0.2, 0) is 4.84 Å². The van der Waals surface area contributed by atoms with Crippen molar-refractivity contribution >= 4 is 17.3 Å². The van der Waals surface area contributed by atoms with Gasteiger partial charge in [0.25, 0.3) is 0 Å². The predicted octanol–water partition coefficient (Wildman–Crippen LogP) is 6.30. The van der Waals surface area contributed by atoms with E-state index in [4.69, 9.17) is 14.3 Å². The summed E-state index contributed by atoms with van der Waals surface area (Å²) in [7, 11) is 2.99. The molecule has 32 heavy (non-hydrogen) atoms. The van der Waals surface area contributed by atoms with Crippen LogP contribution in [0.15, 0.2) is 23.4 Å². The van der Waals surface area contributed by atoms with Gasteiger partial charge in [0, 0.05) is 5.56 Å². The highest BCUT2D eigenvalue weighted by atomic mass is 16.6. The summed E-state index contributed by atoms with van der Waals surface area (Å²) < 4.78 is 11.1. The molecule has 0 saturated carbocycles. The number of benzene rings is 1. The molecule has 0 saturated heterocycles. The Kier molecular flexibility index (Phi) is 11.0. The quantitative estimate of drug-likeness (QED) is 0.181. The van der Waals surface area contributed by atoms with Crippen LogP contribution < -0.4 is 9.47 Å². The first-order valence-corrected chi connectivity index (χ1v) is 11.8. The van der Waals surface area contributed by atoms with Gasteiger partial charge >= 0.3 is 0 Å². The lowest BCUT2D eigenvalue weighted by Gasteiger charge is -2.20. The molecule has 0 N–H and O–H groups in total. The maximum atomic E-state index is 12.7. The highest BCUT2D eigenvalue weighted by molar-refractivity contribution is 6.25. The van der Waals surface area contributed by atoms with Gasteiger partial charge in [0.2, 0.25) is 0 Å². The van der Waals surface area contributed by atoms with E-state index < -0.39 is 0 Å². The molecule has 6 nitrogen and oxygen atoms in total. The predicted molar refractivity (Wildman–Crippen MR) is 127 cm³/mol. The second kappa shape index (κ2) is 13.7. The SMILES string of the molecule is CCCCCCCCCC/C(=N\OCCC)c1cc(OC)c2c(c1OC)C(=O)C=CC2=O. The van der Waals surface area contributed by atoms with Crippen LogP contribution in [-0.4, -0.2) is 38.1 Å². The van der Waals surface area contributed by atoms with E-state index in [-0.39, 0.29) is 22.7 Å². The minimum atomic E-state index is -0.280. The van der Waals surface area contributed by atoms with Crippen LogP contribution >= 0.6 is 0 Å². The topological polar surface area (TPSA) is 74.2 Å². The lowest BCUT2D eigenvalue weighted by Crippen LogP contribution is -2.18. The Morgan fingerprint density at radius 2 is 1.44 bits per heavy atom. The molecule has 0 bridgehead atoms. The molecule has 1 aliphatic rings. The maximum Gasteiger partial charge on any atom is 0.190 e. The molecule has 0 spiro atoms. The number of fused-ring (bicyclic) bond motifs is 1. The van der Waals surface area contributed by atoms with Crippen LogP contribution in [0.1, 0.15) is 104 Å². The number of ketones is 2. The Balaban J connectivity index is 2.27. The minimum absolute atomic E-state index is 0.230. The summed E-state index contributed by atoms with van der Waals surface area (Å²) in [5.41, 5.74) is 1.81. The van der Waals surface area contributed by atoms with Gasteiger partial charge in [0.1, 0.15) is 18.1 Å². The maximum absolute atomic E-state index is 12.7. The molecule has 6 heteroatoms. The van der Waals surface area contributed by atoms with E-state index in [2.05, 4.69) is 12.1 Å². The third kappa shape index (κ3) is 6.68. The number of methoxy groups -OCH3 is 2. The normalized spacial score (nSPS) is 13.3. The average molecular weight is 444 g/mol. The number of unbranched alkanes of at least 4 members (excludes halogenated alkanes) is 7. The van der Waals surface area contributed by atoms with E-state index in [1.165, 1.54) is 64.9 Å². The summed E-state index contributed by atoms with van der Waals surface area (Å²) in [6, 6.07) is 1.74. The van der Waals surface area contributed by atoms with Crippen molar-refractivity contribution in [1.82, 2.24) is 0 Å². The standard InChI is InChI=1S/C26H37NO5/c1-5-7-8-9-10-11-12-13-14-20(27-32-17-6-2)19-18-23(30-3)24-21(28)15-16-22(29)25(24)26(19)31-4/h15-16,18H,5-14,17H2,1-4H3/b27-20+. The van der Waals surface area contributed by atoms with Gasteiger partial charge in [-0.15, -0.1) is 0 Å². The number of oxime groups is 1. The van der Waals surface area contributed by atoms with Crippen LogP contribution in [0.4, 0.5) is 0 Å². The minimum Gasteiger partial charge on any atom is -0.496 e. The van der Waals surface area contributed by atoms with Gasteiger partial charge in [-0.25, -0.2) is 0 Å². The van der Waals surface area contributed by atoms with Crippen LogP contribution in [0.3, 0.4) is 0 Å². The molecule has 0 amide bonds. The van der Waals surface area contributed by atoms with Gasteiger partial charge in [-0.2, -0.15) is 0 Å². The summed E-state index contributed by atoms with van der Waals surface area (Å²) in [6.07, 6.45) is 13.7. The van der Waals surface area contributed by atoms with Crippen molar-refractivity contribution in [3.05, 3.63) is 34.9 Å². The Morgan fingerprint density at radius 3 is 2.03 bits per heavy atom. The summed E-state index contributed by atoms with van der Waals surface area (Å²) in [4.78, 5) is 30.7. The summed E-state index contributed by atoms with van der Waals surface area (Å²) in [5.74, 6) is 0.141. The third-order valence-electron chi connectivity index (χ3n) is 5.59. The molecule has 1 aromatic carbocycles. The lowest BCUT2D eigenvalue weighted by atomic mass is 9.88. The molecule has 0 aliphatic heterocycles. The third-order valence-corrected chi connectivity index (χ3v) is 5.59.